The standard InChI is InChI=1S/C14H18BrN3/c1-11-9-17(2)10-14(7-8-16)18(11)13-5-3-12(15)4-6-13/h3-6,11,14H,7,9-10H2,1-2H3. The van der Waals surface area contributed by atoms with Crippen LogP contribution in [0.4, 0.5) is 5.69 Å². The first kappa shape index (κ1) is 13.4. The molecule has 0 N–H and O–H groups in total. The van der Waals surface area contributed by atoms with Crippen molar-refractivity contribution >= 4 is 21.6 Å². The SMILES string of the molecule is CC1CN(C)CC(CC#N)N1c1ccc(Br)cc1. The third-order valence-corrected chi connectivity index (χ3v) is 3.95. The van der Waals surface area contributed by atoms with Crippen molar-refractivity contribution in [2.45, 2.75) is 25.4 Å². The monoisotopic (exact) mass is 307 g/mol. The van der Waals surface area contributed by atoms with Gasteiger partial charge in [0, 0.05) is 29.3 Å². The van der Waals surface area contributed by atoms with Crippen molar-refractivity contribution in [3.05, 3.63) is 28.7 Å². The second-order valence-electron chi connectivity index (χ2n) is 4.97. The zero-order chi connectivity index (χ0) is 13.1. The van der Waals surface area contributed by atoms with E-state index >= 15 is 0 Å². The summed E-state index contributed by atoms with van der Waals surface area (Å²) in [6.07, 6.45) is 0.574. The Morgan fingerprint density at radius 1 is 1.33 bits per heavy atom. The van der Waals surface area contributed by atoms with E-state index < -0.39 is 0 Å². The van der Waals surface area contributed by atoms with Crippen molar-refractivity contribution in [1.29, 1.82) is 5.26 Å². The quantitative estimate of drug-likeness (QED) is 0.841. The molecule has 3 nitrogen and oxygen atoms in total. The molecule has 1 aromatic rings. The molecule has 2 atom stereocenters. The summed E-state index contributed by atoms with van der Waals surface area (Å²) in [5.41, 5.74) is 1.21. The number of hydrogen-bond donors (Lipinski definition) is 0. The van der Waals surface area contributed by atoms with Crippen LogP contribution in [0.2, 0.25) is 0 Å². The van der Waals surface area contributed by atoms with Gasteiger partial charge in [-0.3, -0.25) is 0 Å². The number of nitrogens with zero attached hydrogens (tertiary/aromatic N) is 3. The maximum atomic E-state index is 9.00. The lowest BCUT2D eigenvalue weighted by Gasteiger charge is -2.45. The van der Waals surface area contributed by atoms with Crippen LogP contribution >= 0.6 is 15.9 Å². The number of piperazine rings is 1. The number of likely N-dealkylation sites (N-methyl/N-ethyl adjacent to an activating group) is 1. The summed E-state index contributed by atoms with van der Waals surface area (Å²) in [5, 5.41) is 9.00. The lowest BCUT2D eigenvalue weighted by Crippen LogP contribution is -2.56. The molecular formula is C14H18BrN3. The van der Waals surface area contributed by atoms with Crippen LogP contribution in [0.1, 0.15) is 13.3 Å². The molecule has 0 aromatic heterocycles. The molecule has 0 saturated carbocycles. The zero-order valence-electron chi connectivity index (χ0n) is 10.8. The van der Waals surface area contributed by atoms with Crippen LogP contribution in [0, 0.1) is 11.3 Å². The minimum absolute atomic E-state index is 0.282. The average Bonchev–Trinajstić information content (AvgIpc) is 2.31. The average molecular weight is 308 g/mol. The fourth-order valence-corrected chi connectivity index (χ4v) is 3.03. The van der Waals surface area contributed by atoms with Gasteiger partial charge >= 0.3 is 0 Å². The summed E-state index contributed by atoms with van der Waals surface area (Å²) in [6, 6.07) is 11.4. The van der Waals surface area contributed by atoms with Crippen LogP contribution in [-0.2, 0) is 0 Å². The number of hydrogen-bond acceptors (Lipinski definition) is 3. The minimum atomic E-state index is 0.282. The molecule has 18 heavy (non-hydrogen) atoms. The molecule has 2 unspecified atom stereocenters. The van der Waals surface area contributed by atoms with Gasteiger partial charge in [0.1, 0.15) is 0 Å². The van der Waals surface area contributed by atoms with Gasteiger partial charge in [0.05, 0.1) is 18.5 Å². The first-order valence-corrected chi connectivity index (χ1v) is 7.00. The Morgan fingerprint density at radius 3 is 2.61 bits per heavy atom. The van der Waals surface area contributed by atoms with Gasteiger partial charge in [-0.25, -0.2) is 0 Å². The van der Waals surface area contributed by atoms with Crippen molar-refractivity contribution in [3.63, 3.8) is 0 Å². The van der Waals surface area contributed by atoms with Crippen LogP contribution < -0.4 is 4.90 Å². The Balaban J connectivity index is 2.26. The summed E-state index contributed by atoms with van der Waals surface area (Å²) < 4.78 is 1.09. The lowest BCUT2D eigenvalue weighted by molar-refractivity contribution is 0.233. The van der Waals surface area contributed by atoms with E-state index in [4.69, 9.17) is 5.26 Å². The zero-order valence-corrected chi connectivity index (χ0v) is 12.4. The van der Waals surface area contributed by atoms with Crippen LogP contribution in [-0.4, -0.2) is 37.1 Å². The lowest BCUT2D eigenvalue weighted by atomic mass is 10.0. The van der Waals surface area contributed by atoms with E-state index in [0.29, 0.717) is 12.5 Å². The molecule has 0 aliphatic carbocycles. The Morgan fingerprint density at radius 2 is 2.00 bits per heavy atom. The minimum Gasteiger partial charge on any atom is -0.362 e. The maximum absolute atomic E-state index is 9.00. The molecule has 1 aromatic carbocycles. The summed E-state index contributed by atoms with van der Waals surface area (Å²) in [7, 11) is 2.12. The van der Waals surface area contributed by atoms with Crippen molar-refractivity contribution < 1.29 is 0 Å². The maximum Gasteiger partial charge on any atom is 0.0643 e. The molecule has 1 saturated heterocycles. The Labute approximate surface area is 117 Å². The van der Waals surface area contributed by atoms with Gasteiger partial charge in [-0.1, -0.05) is 15.9 Å². The predicted molar refractivity (Wildman–Crippen MR) is 77.6 cm³/mol. The fourth-order valence-electron chi connectivity index (χ4n) is 2.77. The number of halogens is 1. The number of benzene rings is 1. The van der Waals surface area contributed by atoms with E-state index in [-0.39, 0.29) is 6.04 Å². The molecule has 0 bridgehead atoms. The Hall–Kier alpha value is -1.05. The molecule has 1 aliphatic heterocycles. The van der Waals surface area contributed by atoms with Gasteiger partial charge in [0.2, 0.25) is 0 Å². The van der Waals surface area contributed by atoms with Gasteiger partial charge in [-0.15, -0.1) is 0 Å². The van der Waals surface area contributed by atoms with Crippen LogP contribution in [0.25, 0.3) is 0 Å². The summed E-state index contributed by atoms with van der Waals surface area (Å²) in [6.45, 7) is 4.22. The van der Waals surface area contributed by atoms with Crippen LogP contribution in [0.3, 0.4) is 0 Å². The van der Waals surface area contributed by atoms with E-state index in [1.54, 1.807) is 0 Å². The third-order valence-electron chi connectivity index (χ3n) is 3.42. The Bertz CT molecular complexity index is 437. The van der Waals surface area contributed by atoms with Gasteiger partial charge in [-0.2, -0.15) is 5.26 Å². The summed E-state index contributed by atoms with van der Waals surface area (Å²) in [4.78, 5) is 4.69. The number of rotatable bonds is 2. The van der Waals surface area contributed by atoms with Crippen LogP contribution in [0.5, 0.6) is 0 Å². The first-order chi connectivity index (χ1) is 8.61. The fraction of sp³-hybridized carbons (Fsp3) is 0.500. The molecular weight excluding hydrogens is 290 g/mol. The molecule has 1 heterocycles. The van der Waals surface area contributed by atoms with E-state index in [9.17, 15) is 0 Å². The normalized spacial score (nSPS) is 24.9. The number of anilines is 1. The molecule has 0 radical (unpaired) electrons. The topological polar surface area (TPSA) is 30.3 Å². The molecule has 0 amide bonds. The van der Waals surface area contributed by atoms with Crippen molar-refractivity contribution in [2.24, 2.45) is 0 Å². The van der Waals surface area contributed by atoms with E-state index in [1.165, 1.54) is 5.69 Å². The van der Waals surface area contributed by atoms with Gasteiger partial charge in [0.25, 0.3) is 0 Å². The molecule has 4 heteroatoms. The predicted octanol–water partition coefficient (Wildman–Crippen LogP) is 2.87. The molecule has 1 aliphatic rings. The molecule has 2 rings (SSSR count). The highest BCUT2D eigenvalue weighted by Crippen LogP contribution is 2.27. The first-order valence-electron chi connectivity index (χ1n) is 6.21. The summed E-state index contributed by atoms with van der Waals surface area (Å²) >= 11 is 3.46. The van der Waals surface area contributed by atoms with E-state index in [2.05, 4.69) is 70.0 Å². The Kier molecular flexibility index (Phi) is 4.26. The van der Waals surface area contributed by atoms with E-state index in [0.717, 1.165) is 17.6 Å². The van der Waals surface area contributed by atoms with Crippen molar-refractivity contribution in [2.75, 3.05) is 25.0 Å². The largest absolute Gasteiger partial charge is 0.362 e. The smallest absolute Gasteiger partial charge is 0.0643 e. The van der Waals surface area contributed by atoms with E-state index in [1.807, 2.05) is 0 Å². The van der Waals surface area contributed by atoms with Crippen LogP contribution in [0.15, 0.2) is 28.7 Å². The highest BCUT2D eigenvalue weighted by atomic mass is 79.9. The highest BCUT2D eigenvalue weighted by molar-refractivity contribution is 9.10. The number of nitriles is 1. The second-order valence-corrected chi connectivity index (χ2v) is 5.89. The molecule has 1 fully saturated rings. The van der Waals surface area contributed by atoms with Crippen molar-refractivity contribution in [3.8, 4) is 6.07 Å². The third kappa shape index (κ3) is 2.85. The molecule has 96 valence electrons. The van der Waals surface area contributed by atoms with Crippen molar-refractivity contribution in [1.82, 2.24) is 4.90 Å². The second kappa shape index (κ2) is 5.73. The summed E-state index contributed by atoms with van der Waals surface area (Å²) in [5.74, 6) is 0. The highest BCUT2D eigenvalue weighted by Gasteiger charge is 2.30. The van der Waals surface area contributed by atoms with Gasteiger partial charge in [-0.05, 0) is 38.2 Å². The van der Waals surface area contributed by atoms with Gasteiger partial charge in [0.15, 0.2) is 0 Å². The molecule has 0 spiro atoms. The van der Waals surface area contributed by atoms with Gasteiger partial charge < -0.3 is 9.80 Å².